The summed E-state index contributed by atoms with van der Waals surface area (Å²) in [5, 5.41) is 6.72. The van der Waals surface area contributed by atoms with E-state index >= 15 is 0 Å². The molecule has 2 N–H and O–H groups in total. The Bertz CT molecular complexity index is 332. The zero-order chi connectivity index (χ0) is 15.6. The van der Waals surface area contributed by atoms with Gasteiger partial charge in [0, 0.05) is 45.9 Å². The predicted octanol–water partition coefficient (Wildman–Crippen LogP) is 1.31. The summed E-state index contributed by atoms with van der Waals surface area (Å²) in [5.74, 6) is 1.46. The zero-order valence-electron chi connectivity index (χ0n) is 14.6. The molecule has 2 saturated heterocycles. The van der Waals surface area contributed by atoms with E-state index in [0.717, 1.165) is 71.5 Å². The second kappa shape index (κ2) is 12.3. The van der Waals surface area contributed by atoms with Crippen molar-refractivity contribution in [2.75, 3.05) is 59.1 Å². The molecule has 2 unspecified atom stereocenters. The van der Waals surface area contributed by atoms with E-state index in [9.17, 15) is 0 Å². The maximum absolute atomic E-state index is 5.64. The Kier molecular flexibility index (Phi) is 11.2. The third kappa shape index (κ3) is 8.51. The highest BCUT2D eigenvalue weighted by molar-refractivity contribution is 14.0. The molecule has 2 rings (SSSR count). The van der Waals surface area contributed by atoms with Gasteiger partial charge >= 0.3 is 0 Å². The quantitative estimate of drug-likeness (QED) is 0.355. The maximum atomic E-state index is 5.64. The molecule has 23 heavy (non-hydrogen) atoms. The smallest absolute Gasteiger partial charge is 0.191 e. The van der Waals surface area contributed by atoms with Crippen LogP contribution in [0.5, 0.6) is 0 Å². The van der Waals surface area contributed by atoms with Crippen LogP contribution in [0.3, 0.4) is 0 Å². The van der Waals surface area contributed by atoms with Crippen LogP contribution in [0.25, 0.3) is 0 Å². The van der Waals surface area contributed by atoms with Crippen molar-refractivity contribution in [3.8, 4) is 0 Å². The Morgan fingerprint density at radius 1 is 1.26 bits per heavy atom. The highest BCUT2D eigenvalue weighted by Gasteiger charge is 2.16. The average molecular weight is 440 g/mol. The summed E-state index contributed by atoms with van der Waals surface area (Å²) in [6.45, 7) is 12.8. The molecule has 2 heterocycles. The SMILES string of the molecule is CCNC(=NCC(C)CN1CCOCC1)NCC1CCCO1.I. The van der Waals surface area contributed by atoms with Crippen LogP contribution < -0.4 is 10.6 Å². The summed E-state index contributed by atoms with van der Waals surface area (Å²) in [6, 6.07) is 0. The number of aliphatic imine (C=N–C) groups is 1. The molecule has 0 aliphatic carbocycles. The van der Waals surface area contributed by atoms with Crippen LogP contribution in [0, 0.1) is 5.92 Å². The van der Waals surface area contributed by atoms with Crippen molar-refractivity contribution in [3.05, 3.63) is 0 Å². The van der Waals surface area contributed by atoms with Crippen molar-refractivity contribution in [3.63, 3.8) is 0 Å². The molecule has 2 aliphatic heterocycles. The molecule has 2 fully saturated rings. The summed E-state index contributed by atoms with van der Waals surface area (Å²) in [4.78, 5) is 7.19. The van der Waals surface area contributed by atoms with Crippen LogP contribution in [0.4, 0.5) is 0 Å². The van der Waals surface area contributed by atoms with Crippen molar-refractivity contribution >= 4 is 29.9 Å². The first-order chi connectivity index (χ1) is 10.8. The van der Waals surface area contributed by atoms with Crippen LogP contribution in [-0.4, -0.2) is 76.1 Å². The van der Waals surface area contributed by atoms with Gasteiger partial charge in [0.15, 0.2) is 5.96 Å². The first-order valence-corrected chi connectivity index (χ1v) is 8.71. The molecule has 0 aromatic rings. The van der Waals surface area contributed by atoms with Crippen molar-refractivity contribution in [2.45, 2.75) is 32.8 Å². The molecule has 0 saturated carbocycles. The fourth-order valence-electron chi connectivity index (χ4n) is 2.89. The van der Waals surface area contributed by atoms with Gasteiger partial charge in [-0.05, 0) is 25.7 Å². The molecular weight excluding hydrogens is 407 g/mol. The molecule has 2 aliphatic rings. The summed E-state index contributed by atoms with van der Waals surface area (Å²) < 4.78 is 11.0. The molecule has 0 radical (unpaired) electrons. The van der Waals surface area contributed by atoms with Crippen molar-refractivity contribution in [2.24, 2.45) is 10.9 Å². The van der Waals surface area contributed by atoms with E-state index in [1.54, 1.807) is 0 Å². The minimum absolute atomic E-state index is 0. The number of nitrogens with zero attached hydrogens (tertiary/aromatic N) is 2. The molecule has 0 aromatic heterocycles. The maximum Gasteiger partial charge on any atom is 0.191 e. The first kappa shape index (κ1) is 20.9. The third-order valence-corrected chi connectivity index (χ3v) is 4.10. The van der Waals surface area contributed by atoms with E-state index in [-0.39, 0.29) is 24.0 Å². The Labute approximate surface area is 157 Å². The molecule has 0 spiro atoms. The van der Waals surface area contributed by atoms with Crippen LogP contribution in [0.2, 0.25) is 0 Å². The van der Waals surface area contributed by atoms with Gasteiger partial charge in [-0.25, -0.2) is 0 Å². The Balaban J connectivity index is 0.00000264. The van der Waals surface area contributed by atoms with Gasteiger partial charge in [0.05, 0.1) is 19.3 Å². The van der Waals surface area contributed by atoms with Crippen molar-refractivity contribution in [1.82, 2.24) is 15.5 Å². The molecule has 6 nitrogen and oxygen atoms in total. The monoisotopic (exact) mass is 440 g/mol. The first-order valence-electron chi connectivity index (χ1n) is 8.71. The number of morpholine rings is 1. The normalized spacial score (nSPS) is 24.1. The number of halogens is 1. The van der Waals surface area contributed by atoms with Crippen LogP contribution in [0.1, 0.15) is 26.7 Å². The van der Waals surface area contributed by atoms with Gasteiger partial charge in [-0.3, -0.25) is 9.89 Å². The predicted molar refractivity (Wildman–Crippen MR) is 105 cm³/mol. The minimum atomic E-state index is 0. The Morgan fingerprint density at radius 2 is 2.04 bits per heavy atom. The standard InChI is InChI=1S/C16H32N4O2.HI/c1-3-17-16(19-12-15-5-4-8-22-15)18-11-14(2)13-20-6-9-21-10-7-20;/h14-15H,3-13H2,1-2H3,(H2,17,18,19);1H. The fraction of sp³-hybridized carbons (Fsp3) is 0.938. The Hall–Kier alpha value is -0.120. The number of rotatable bonds is 7. The molecule has 0 aromatic carbocycles. The average Bonchev–Trinajstić information content (AvgIpc) is 3.04. The summed E-state index contributed by atoms with van der Waals surface area (Å²) in [7, 11) is 0. The van der Waals surface area contributed by atoms with Gasteiger partial charge in [0.1, 0.15) is 0 Å². The van der Waals surface area contributed by atoms with Gasteiger partial charge in [0.2, 0.25) is 0 Å². The van der Waals surface area contributed by atoms with E-state index in [1.165, 1.54) is 6.42 Å². The number of guanidine groups is 1. The van der Waals surface area contributed by atoms with E-state index in [0.29, 0.717) is 12.0 Å². The summed E-state index contributed by atoms with van der Waals surface area (Å²) in [6.07, 6.45) is 2.67. The lowest BCUT2D eigenvalue weighted by Gasteiger charge is -2.28. The van der Waals surface area contributed by atoms with Crippen LogP contribution >= 0.6 is 24.0 Å². The Morgan fingerprint density at radius 3 is 2.70 bits per heavy atom. The highest BCUT2D eigenvalue weighted by Crippen LogP contribution is 2.10. The largest absolute Gasteiger partial charge is 0.379 e. The molecular formula is C16H33IN4O2. The fourth-order valence-corrected chi connectivity index (χ4v) is 2.89. The molecule has 0 amide bonds. The van der Waals surface area contributed by atoms with E-state index in [2.05, 4.69) is 29.4 Å². The highest BCUT2D eigenvalue weighted by atomic mass is 127. The second-order valence-electron chi connectivity index (χ2n) is 6.25. The third-order valence-electron chi connectivity index (χ3n) is 4.10. The van der Waals surface area contributed by atoms with Gasteiger partial charge < -0.3 is 20.1 Å². The van der Waals surface area contributed by atoms with Crippen molar-refractivity contribution in [1.29, 1.82) is 0 Å². The molecule has 7 heteroatoms. The van der Waals surface area contributed by atoms with Crippen LogP contribution in [-0.2, 0) is 9.47 Å². The lowest BCUT2D eigenvalue weighted by atomic mass is 10.1. The van der Waals surface area contributed by atoms with Gasteiger partial charge in [-0.15, -0.1) is 24.0 Å². The second-order valence-corrected chi connectivity index (χ2v) is 6.25. The summed E-state index contributed by atoms with van der Waals surface area (Å²) >= 11 is 0. The molecule has 0 bridgehead atoms. The number of hydrogen-bond donors (Lipinski definition) is 2. The van der Waals surface area contributed by atoms with E-state index in [4.69, 9.17) is 14.5 Å². The van der Waals surface area contributed by atoms with E-state index in [1.807, 2.05) is 0 Å². The topological polar surface area (TPSA) is 58.1 Å². The molecule has 2 atom stereocenters. The lowest BCUT2D eigenvalue weighted by Crippen LogP contribution is -2.42. The zero-order valence-corrected chi connectivity index (χ0v) is 16.9. The minimum Gasteiger partial charge on any atom is -0.379 e. The van der Waals surface area contributed by atoms with Gasteiger partial charge in [-0.1, -0.05) is 6.92 Å². The lowest BCUT2D eigenvalue weighted by molar-refractivity contribution is 0.0323. The number of hydrogen-bond acceptors (Lipinski definition) is 4. The summed E-state index contributed by atoms with van der Waals surface area (Å²) in [5.41, 5.74) is 0. The number of nitrogens with one attached hydrogen (secondary N) is 2. The van der Waals surface area contributed by atoms with Crippen molar-refractivity contribution < 1.29 is 9.47 Å². The number of ether oxygens (including phenoxy) is 2. The molecule has 136 valence electrons. The van der Waals surface area contributed by atoms with Gasteiger partial charge in [-0.2, -0.15) is 0 Å². The van der Waals surface area contributed by atoms with Gasteiger partial charge in [0.25, 0.3) is 0 Å². The van der Waals surface area contributed by atoms with Crippen LogP contribution in [0.15, 0.2) is 4.99 Å². The van der Waals surface area contributed by atoms with E-state index < -0.39 is 0 Å².